The normalized spacial score (nSPS) is 12.2. The third-order valence-corrected chi connectivity index (χ3v) is 3.72. The van der Waals surface area contributed by atoms with Crippen LogP contribution in [0.1, 0.15) is 1.37 Å². The van der Waals surface area contributed by atoms with Crippen molar-refractivity contribution in [1.29, 1.82) is 0 Å². The molecule has 0 saturated carbocycles. The van der Waals surface area contributed by atoms with Crippen molar-refractivity contribution in [2.75, 3.05) is 0 Å². The number of benzene rings is 2. The average molecular weight is 220 g/mol. The fourth-order valence-electron chi connectivity index (χ4n) is 1.67. The van der Waals surface area contributed by atoms with Gasteiger partial charge in [0.15, 0.2) is 0 Å². The Balaban J connectivity index is 2.63. The van der Waals surface area contributed by atoms with Crippen LogP contribution in [0.25, 0.3) is 20.2 Å². The summed E-state index contributed by atoms with van der Waals surface area (Å²) in [6.07, 6.45) is 0. The zero-order valence-corrected chi connectivity index (χ0v) is 8.82. The summed E-state index contributed by atoms with van der Waals surface area (Å²) < 4.78 is 10.1. The molecule has 0 bridgehead atoms. The minimum atomic E-state index is 0.396. The van der Waals surface area contributed by atoms with Gasteiger partial charge in [0, 0.05) is 25.2 Å². The summed E-state index contributed by atoms with van der Waals surface area (Å²) in [6, 6.07) is 12.3. The van der Waals surface area contributed by atoms with Crippen LogP contribution in [0.5, 0.6) is 0 Å². The maximum absolute atomic E-state index is 7.69. The molecule has 0 aliphatic heterocycles. The first-order chi connectivity index (χ1) is 7.27. The molecule has 2 aromatic carbocycles. The molecule has 0 N–H and O–H groups in total. The van der Waals surface area contributed by atoms with Crippen LogP contribution >= 0.6 is 22.9 Å². The maximum Gasteiger partial charge on any atom is 0.0639 e. The molecule has 68 valence electrons. The number of fused-ring (bicyclic) bond motifs is 3. The second-order valence-corrected chi connectivity index (χ2v) is 4.59. The molecule has 2 heteroatoms. The smallest absolute Gasteiger partial charge is 0.0639 e. The Morgan fingerprint density at radius 3 is 2.79 bits per heavy atom. The Hall–Kier alpha value is -1.05. The highest BCUT2D eigenvalue weighted by Crippen LogP contribution is 2.37. The van der Waals surface area contributed by atoms with Gasteiger partial charge in [-0.15, -0.1) is 11.3 Å². The predicted octanol–water partition coefficient (Wildman–Crippen LogP) is 4.71. The molecule has 0 spiro atoms. The van der Waals surface area contributed by atoms with E-state index in [1.807, 2.05) is 18.2 Å². The molecule has 0 unspecified atom stereocenters. The Bertz CT molecular complexity index is 657. The molecule has 3 rings (SSSR count). The van der Waals surface area contributed by atoms with E-state index in [4.69, 9.17) is 13.0 Å². The molecule has 14 heavy (non-hydrogen) atoms. The highest BCUT2D eigenvalue weighted by molar-refractivity contribution is 7.25. The van der Waals surface area contributed by atoms with Crippen LogP contribution in [0.2, 0.25) is 5.02 Å². The van der Waals surface area contributed by atoms with Gasteiger partial charge in [-0.2, -0.15) is 0 Å². The van der Waals surface area contributed by atoms with E-state index in [1.54, 1.807) is 17.4 Å². The topological polar surface area (TPSA) is 0 Å². The highest BCUT2D eigenvalue weighted by atomic mass is 35.5. The number of halogens is 1. The summed E-state index contributed by atoms with van der Waals surface area (Å²) in [5, 5.41) is 2.73. The predicted molar refractivity (Wildman–Crippen MR) is 64.3 cm³/mol. The monoisotopic (exact) mass is 219 g/mol. The average Bonchev–Trinajstić information content (AvgIpc) is 2.62. The van der Waals surface area contributed by atoms with Crippen LogP contribution in [0.4, 0.5) is 0 Å². The van der Waals surface area contributed by atoms with Gasteiger partial charge < -0.3 is 0 Å². The van der Waals surface area contributed by atoms with Crippen LogP contribution in [-0.4, -0.2) is 0 Å². The molecule has 0 aliphatic rings. The Morgan fingerprint density at radius 2 is 1.86 bits per heavy atom. The number of hydrogen-bond acceptors (Lipinski definition) is 1. The Labute approximate surface area is 92.1 Å². The molecule has 0 radical (unpaired) electrons. The second kappa shape index (κ2) is 2.97. The lowest BCUT2D eigenvalue weighted by molar-refractivity contribution is 1.84. The number of rotatable bonds is 0. The van der Waals surface area contributed by atoms with Gasteiger partial charge in [0.05, 0.1) is 1.37 Å². The van der Waals surface area contributed by atoms with Crippen LogP contribution in [-0.2, 0) is 0 Å². The van der Waals surface area contributed by atoms with Crippen LogP contribution in [0.15, 0.2) is 42.4 Å². The maximum atomic E-state index is 7.69. The van der Waals surface area contributed by atoms with E-state index in [1.165, 1.54) is 4.70 Å². The lowest BCUT2D eigenvalue weighted by atomic mass is 10.1. The van der Waals surface area contributed by atoms with Crippen LogP contribution in [0.3, 0.4) is 0 Å². The van der Waals surface area contributed by atoms with Gasteiger partial charge in [-0.3, -0.25) is 0 Å². The third kappa shape index (κ3) is 1.06. The van der Waals surface area contributed by atoms with E-state index in [9.17, 15) is 0 Å². The third-order valence-electron chi connectivity index (χ3n) is 2.29. The molecule has 3 aromatic rings. The number of thiophene rings is 1. The fourth-order valence-corrected chi connectivity index (χ4v) is 3.11. The molecular formula is C12H7ClS. The quantitative estimate of drug-likeness (QED) is 0.514. The van der Waals surface area contributed by atoms with E-state index in [2.05, 4.69) is 12.1 Å². The van der Waals surface area contributed by atoms with Crippen molar-refractivity contribution in [2.24, 2.45) is 0 Å². The van der Waals surface area contributed by atoms with Gasteiger partial charge in [-0.25, -0.2) is 0 Å². The van der Waals surface area contributed by atoms with Gasteiger partial charge in [0.2, 0.25) is 0 Å². The minimum absolute atomic E-state index is 0.396. The van der Waals surface area contributed by atoms with E-state index in [0.29, 0.717) is 11.1 Å². The van der Waals surface area contributed by atoms with Crippen molar-refractivity contribution in [1.82, 2.24) is 0 Å². The minimum Gasteiger partial charge on any atom is -0.135 e. The first kappa shape index (κ1) is 7.27. The van der Waals surface area contributed by atoms with Crippen molar-refractivity contribution < 1.29 is 1.37 Å². The van der Waals surface area contributed by atoms with Gasteiger partial charge in [0.1, 0.15) is 0 Å². The van der Waals surface area contributed by atoms with E-state index >= 15 is 0 Å². The largest absolute Gasteiger partial charge is 0.135 e. The van der Waals surface area contributed by atoms with Crippen molar-refractivity contribution in [3.05, 3.63) is 47.5 Å². The van der Waals surface area contributed by atoms with Crippen molar-refractivity contribution in [3.63, 3.8) is 0 Å². The molecule has 0 fully saturated rings. The first-order valence-corrected chi connectivity index (χ1v) is 5.53. The molecular weight excluding hydrogens is 212 g/mol. The van der Waals surface area contributed by atoms with Crippen LogP contribution in [0, 0.1) is 0 Å². The summed E-state index contributed by atoms with van der Waals surface area (Å²) in [6.45, 7) is 0. The summed E-state index contributed by atoms with van der Waals surface area (Å²) in [7, 11) is 0. The van der Waals surface area contributed by atoms with Crippen molar-refractivity contribution >= 4 is 43.1 Å². The van der Waals surface area contributed by atoms with Gasteiger partial charge in [0.25, 0.3) is 0 Å². The second-order valence-electron chi connectivity index (χ2n) is 3.13. The zero-order valence-electron chi connectivity index (χ0n) is 8.25. The Kier molecular flexibility index (Phi) is 1.54. The summed E-state index contributed by atoms with van der Waals surface area (Å²) >= 11 is 7.88. The summed E-state index contributed by atoms with van der Waals surface area (Å²) in [5.74, 6) is 0. The summed E-state index contributed by atoms with van der Waals surface area (Å²) in [4.78, 5) is 0. The molecule has 0 amide bonds. The van der Waals surface area contributed by atoms with Crippen molar-refractivity contribution in [2.45, 2.75) is 0 Å². The molecule has 1 heterocycles. The van der Waals surface area contributed by atoms with Gasteiger partial charge in [-0.05, 0) is 18.2 Å². The molecule has 0 aliphatic carbocycles. The Morgan fingerprint density at radius 1 is 1.07 bits per heavy atom. The fraction of sp³-hybridized carbons (Fsp3) is 0. The zero-order chi connectivity index (χ0) is 10.4. The molecule has 0 atom stereocenters. The number of hydrogen-bond donors (Lipinski definition) is 0. The van der Waals surface area contributed by atoms with E-state index in [-0.39, 0.29) is 0 Å². The van der Waals surface area contributed by atoms with Crippen LogP contribution < -0.4 is 0 Å². The highest BCUT2D eigenvalue weighted by Gasteiger charge is 2.06. The summed E-state index contributed by atoms with van der Waals surface area (Å²) in [5.41, 5.74) is 0. The lowest BCUT2D eigenvalue weighted by Gasteiger charge is -1.93. The standard InChI is InChI=1S/C12H7ClS/c13-9-5-3-7-11-12(9)8-4-1-2-6-10(8)14-11/h1-7H/i5D. The lowest BCUT2D eigenvalue weighted by Crippen LogP contribution is -1.67. The molecule has 1 aromatic heterocycles. The van der Waals surface area contributed by atoms with E-state index in [0.717, 1.165) is 15.5 Å². The van der Waals surface area contributed by atoms with Gasteiger partial charge in [-0.1, -0.05) is 35.9 Å². The SMILES string of the molecule is [2H]c1ccc2sc3ccccc3c2c1Cl. The van der Waals surface area contributed by atoms with Crippen molar-refractivity contribution in [3.8, 4) is 0 Å². The molecule has 0 saturated heterocycles. The first-order valence-electron chi connectivity index (χ1n) is 4.84. The van der Waals surface area contributed by atoms with Gasteiger partial charge >= 0.3 is 0 Å². The van der Waals surface area contributed by atoms with E-state index < -0.39 is 0 Å². The molecule has 0 nitrogen and oxygen atoms in total.